The predicted octanol–water partition coefficient (Wildman–Crippen LogP) is 1.38. The van der Waals surface area contributed by atoms with Crippen molar-refractivity contribution < 1.29 is 9.84 Å². The molecule has 0 radical (unpaired) electrons. The highest BCUT2D eigenvalue weighted by molar-refractivity contribution is 4.94. The van der Waals surface area contributed by atoms with Gasteiger partial charge in [-0.3, -0.25) is 4.90 Å². The smallest absolute Gasteiger partial charge is 0.0898 e. The first kappa shape index (κ1) is 15.2. The first-order valence-corrected chi connectivity index (χ1v) is 7.75. The van der Waals surface area contributed by atoms with Crippen LogP contribution in [0.3, 0.4) is 0 Å². The maximum Gasteiger partial charge on any atom is 0.0898 e. The lowest BCUT2D eigenvalue weighted by molar-refractivity contribution is -0.0486. The van der Waals surface area contributed by atoms with Gasteiger partial charge in [-0.1, -0.05) is 6.42 Å². The molecule has 0 spiro atoms. The molecule has 0 aromatic heterocycles. The Morgan fingerprint density at radius 1 is 1.26 bits per heavy atom. The molecule has 0 aromatic rings. The molecule has 2 aliphatic heterocycles. The van der Waals surface area contributed by atoms with Crippen LogP contribution in [0.1, 0.15) is 46.5 Å². The zero-order chi connectivity index (χ0) is 13.9. The molecule has 3 atom stereocenters. The van der Waals surface area contributed by atoms with Crippen molar-refractivity contribution in [3.63, 3.8) is 0 Å². The molecule has 2 aliphatic rings. The highest BCUT2D eigenvalue weighted by Crippen LogP contribution is 2.27. The van der Waals surface area contributed by atoms with Gasteiger partial charge in [-0.2, -0.15) is 0 Å². The van der Waals surface area contributed by atoms with Crippen molar-refractivity contribution in [1.29, 1.82) is 0 Å². The third-order valence-corrected chi connectivity index (χ3v) is 4.18. The van der Waals surface area contributed by atoms with Crippen LogP contribution >= 0.6 is 0 Å². The predicted molar refractivity (Wildman–Crippen MR) is 77.3 cm³/mol. The molecule has 19 heavy (non-hydrogen) atoms. The molecule has 2 fully saturated rings. The van der Waals surface area contributed by atoms with Crippen LogP contribution in [0, 0.1) is 0 Å². The minimum atomic E-state index is -0.406. The fourth-order valence-corrected chi connectivity index (χ4v) is 3.18. The molecule has 0 aliphatic carbocycles. The number of fused-ring (bicyclic) bond motifs is 1. The van der Waals surface area contributed by atoms with Gasteiger partial charge in [0.05, 0.1) is 18.3 Å². The van der Waals surface area contributed by atoms with E-state index in [1.54, 1.807) is 0 Å². The minimum Gasteiger partial charge on any atom is -0.389 e. The van der Waals surface area contributed by atoms with E-state index in [-0.39, 0.29) is 5.60 Å². The van der Waals surface area contributed by atoms with E-state index in [0.717, 1.165) is 0 Å². The van der Waals surface area contributed by atoms with Gasteiger partial charge in [0.1, 0.15) is 0 Å². The molecule has 0 amide bonds. The average Bonchev–Trinajstić information content (AvgIpc) is 2.76. The molecule has 2 N–H and O–H groups in total. The lowest BCUT2D eigenvalue weighted by Crippen LogP contribution is -2.47. The quantitative estimate of drug-likeness (QED) is 0.792. The summed E-state index contributed by atoms with van der Waals surface area (Å²) in [4.78, 5) is 2.61. The number of nitrogens with one attached hydrogen (secondary N) is 1. The fraction of sp³-hybridized carbons (Fsp3) is 1.00. The molecule has 3 unspecified atom stereocenters. The van der Waals surface area contributed by atoms with Gasteiger partial charge < -0.3 is 15.2 Å². The molecule has 0 bridgehead atoms. The molecule has 4 heteroatoms. The van der Waals surface area contributed by atoms with E-state index in [1.165, 1.54) is 38.8 Å². The van der Waals surface area contributed by atoms with Crippen LogP contribution in [0.25, 0.3) is 0 Å². The number of nitrogens with zero attached hydrogens (tertiary/aromatic N) is 1. The van der Waals surface area contributed by atoms with Crippen molar-refractivity contribution in [2.75, 3.05) is 26.2 Å². The number of aliphatic hydroxyl groups excluding tert-OH is 1. The van der Waals surface area contributed by atoms with Crippen LogP contribution in [-0.4, -0.2) is 60.0 Å². The topological polar surface area (TPSA) is 44.7 Å². The highest BCUT2D eigenvalue weighted by atomic mass is 16.5. The first-order valence-electron chi connectivity index (χ1n) is 7.75. The Bertz CT molecular complexity index is 278. The Balaban J connectivity index is 1.67. The van der Waals surface area contributed by atoms with Crippen LogP contribution in [0.4, 0.5) is 0 Å². The SMILES string of the molecule is CC(C)(C)OCC(O)CNC1CCN2CCCCC12. The van der Waals surface area contributed by atoms with Crippen molar-refractivity contribution in [3.8, 4) is 0 Å². The maximum atomic E-state index is 9.97. The zero-order valence-corrected chi connectivity index (χ0v) is 12.7. The molecular formula is C15H30N2O2. The second kappa shape index (κ2) is 6.53. The van der Waals surface area contributed by atoms with Crippen molar-refractivity contribution in [1.82, 2.24) is 10.2 Å². The van der Waals surface area contributed by atoms with E-state index in [2.05, 4.69) is 10.2 Å². The molecule has 2 heterocycles. The van der Waals surface area contributed by atoms with Crippen molar-refractivity contribution in [2.45, 2.75) is 70.2 Å². The number of rotatable bonds is 5. The Hall–Kier alpha value is -0.160. The largest absolute Gasteiger partial charge is 0.389 e. The number of hydrogen-bond donors (Lipinski definition) is 2. The van der Waals surface area contributed by atoms with Gasteiger partial charge in [-0.25, -0.2) is 0 Å². The second-order valence-electron chi connectivity index (χ2n) is 6.98. The summed E-state index contributed by atoms with van der Waals surface area (Å²) in [7, 11) is 0. The lowest BCUT2D eigenvalue weighted by atomic mass is 9.99. The third kappa shape index (κ3) is 4.71. The molecule has 2 rings (SSSR count). The summed E-state index contributed by atoms with van der Waals surface area (Å²) in [5.74, 6) is 0. The van der Waals surface area contributed by atoms with E-state index >= 15 is 0 Å². The van der Waals surface area contributed by atoms with Crippen molar-refractivity contribution in [3.05, 3.63) is 0 Å². The van der Waals surface area contributed by atoms with Gasteiger partial charge in [0.2, 0.25) is 0 Å². The Kier molecular flexibility index (Phi) is 5.23. The van der Waals surface area contributed by atoms with E-state index in [0.29, 0.717) is 25.2 Å². The van der Waals surface area contributed by atoms with Crippen LogP contribution < -0.4 is 5.32 Å². The summed E-state index contributed by atoms with van der Waals surface area (Å²) in [6.45, 7) is 9.59. The molecule has 0 saturated carbocycles. The van der Waals surface area contributed by atoms with Crippen molar-refractivity contribution >= 4 is 0 Å². The summed E-state index contributed by atoms with van der Waals surface area (Å²) in [5, 5.41) is 13.5. The summed E-state index contributed by atoms with van der Waals surface area (Å²) in [6, 6.07) is 1.26. The van der Waals surface area contributed by atoms with Gasteiger partial charge in [-0.05, 0) is 46.6 Å². The zero-order valence-electron chi connectivity index (χ0n) is 12.7. The number of piperidine rings is 1. The summed E-state index contributed by atoms with van der Waals surface area (Å²) < 4.78 is 5.61. The monoisotopic (exact) mass is 270 g/mol. The number of aliphatic hydroxyl groups is 1. The third-order valence-electron chi connectivity index (χ3n) is 4.18. The van der Waals surface area contributed by atoms with Crippen molar-refractivity contribution in [2.24, 2.45) is 0 Å². The normalized spacial score (nSPS) is 30.3. The number of hydrogen-bond acceptors (Lipinski definition) is 4. The van der Waals surface area contributed by atoms with Crippen LogP contribution in [0.15, 0.2) is 0 Å². The Morgan fingerprint density at radius 2 is 2.05 bits per heavy atom. The molecule has 0 aromatic carbocycles. The Labute approximate surface area is 117 Å². The molecule has 112 valence electrons. The van der Waals surface area contributed by atoms with E-state index < -0.39 is 6.10 Å². The fourth-order valence-electron chi connectivity index (χ4n) is 3.18. The first-order chi connectivity index (χ1) is 8.96. The van der Waals surface area contributed by atoms with Gasteiger partial charge in [0.25, 0.3) is 0 Å². The van der Waals surface area contributed by atoms with E-state index in [9.17, 15) is 5.11 Å². The summed E-state index contributed by atoms with van der Waals surface area (Å²) in [6.07, 6.45) is 4.83. The maximum absolute atomic E-state index is 9.97. The minimum absolute atomic E-state index is 0.172. The Morgan fingerprint density at radius 3 is 2.79 bits per heavy atom. The van der Waals surface area contributed by atoms with Crippen LogP contribution in [0.2, 0.25) is 0 Å². The van der Waals surface area contributed by atoms with Crippen LogP contribution in [-0.2, 0) is 4.74 Å². The molecule has 2 saturated heterocycles. The number of ether oxygens (including phenoxy) is 1. The molecule has 4 nitrogen and oxygen atoms in total. The average molecular weight is 270 g/mol. The van der Waals surface area contributed by atoms with Gasteiger partial charge in [-0.15, -0.1) is 0 Å². The highest BCUT2D eigenvalue weighted by Gasteiger charge is 2.35. The second-order valence-corrected chi connectivity index (χ2v) is 6.98. The van der Waals surface area contributed by atoms with E-state index in [4.69, 9.17) is 4.74 Å². The van der Waals surface area contributed by atoms with Gasteiger partial charge in [0.15, 0.2) is 0 Å². The van der Waals surface area contributed by atoms with E-state index in [1.807, 2.05) is 20.8 Å². The van der Waals surface area contributed by atoms with Crippen LogP contribution in [0.5, 0.6) is 0 Å². The standard InChI is InChI=1S/C15H30N2O2/c1-15(2,3)19-11-12(18)10-16-13-7-9-17-8-5-4-6-14(13)17/h12-14,16,18H,4-11H2,1-3H3. The molecular weight excluding hydrogens is 240 g/mol. The lowest BCUT2D eigenvalue weighted by Gasteiger charge is -2.33. The van der Waals surface area contributed by atoms with Gasteiger partial charge in [0, 0.05) is 25.2 Å². The van der Waals surface area contributed by atoms with Gasteiger partial charge >= 0.3 is 0 Å². The summed E-state index contributed by atoms with van der Waals surface area (Å²) >= 11 is 0. The summed E-state index contributed by atoms with van der Waals surface area (Å²) in [5.41, 5.74) is -0.172.